The number of fused-ring (bicyclic) bond motifs is 1. The molecule has 7 unspecified atom stereocenters. The van der Waals surface area contributed by atoms with Crippen LogP contribution in [0.4, 0.5) is 0 Å². The number of carbonyl (C=O) groups excluding carboxylic acids is 4. The monoisotopic (exact) mass is 593 g/mol. The van der Waals surface area contributed by atoms with Crippen molar-refractivity contribution in [1.82, 2.24) is 4.98 Å². The van der Waals surface area contributed by atoms with Gasteiger partial charge in [-0.05, 0) is 63.3 Å². The molecule has 0 radical (unpaired) electrons. The molecule has 3 aliphatic rings. The van der Waals surface area contributed by atoms with Crippen LogP contribution in [0.1, 0.15) is 81.0 Å². The summed E-state index contributed by atoms with van der Waals surface area (Å²) in [6.45, 7) is 8.57. The Morgan fingerprint density at radius 3 is 2.33 bits per heavy atom. The van der Waals surface area contributed by atoms with Crippen LogP contribution in [0.2, 0.25) is 0 Å². The number of benzene rings is 1. The molecule has 7 atom stereocenters. The SMILES string of the molecule is CCC(=O)OC1CCC(C)C23CC(C(OC(C)=O)C(OC(=O)c4ccccc4)C12COC(=O)c1cccnc1)C(C)(C)O3. The Balaban J connectivity index is 1.70. The van der Waals surface area contributed by atoms with Crippen LogP contribution in [0, 0.1) is 17.3 Å². The summed E-state index contributed by atoms with van der Waals surface area (Å²) in [5.41, 5.74) is -2.76. The number of aromatic nitrogens is 1. The van der Waals surface area contributed by atoms with E-state index in [-0.39, 0.29) is 30.4 Å². The summed E-state index contributed by atoms with van der Waals surface area (Å²) in [5, 5.41) is 0. The molecule has 43 heavy (non-hydrogen) atoms. The van der Waals surface area contributed by atoms with Crippen molar-refractivity contribution in [1.29, 1.82) is 0 Å². The maximum Gasteiger partial charge on any atom is 0.339 e. The molecule has 0 amide bonds. The summed E-state index contributed by atoms with van der Waals surface area (Å²) in [6.07, 6.45) is 1.51. The van der Waals surface area contributed by atoms with Gasteiger partial charge in [0.1, 0.15) is 24.2 Å². The highest BCUT2D eigenvalue weighted by molar-refractivity contribution is 5.90. The summed E-state index contributed by atoms with van der Waals surface area (Å²) in [7, 11) is 0. The highest BCUT2D eigenvalue weighted by Gasteiger charge is 2.79. The molecule has 2 heterocycles. The predicted molar refractivity (Wildman–Crippen MR) is 153 cm³/mol. The van der Waals surface area contributed by atoms with Crippen molar-refractivity contribution in [2.45, 2.75) is 89.8 Å². The van der Waals surface area contributed by atoms with Gasteiger partial charge < -0.3 is 23.7 Å². The van der Waals surface area contributed by atoms with E-state index in [0.29, 0.717) is 24.8 Å². The molecule has 2 aliphatic carbocycles. The number of esters is 4. The van der Waals surface area contributed by atoms with Gasteiger partial charge in [0, 0.05) is 31.7 Å². The number of nitrogens with zero attached hydrogens (tertiary/aromatic N) is 1. The van der Waals surface area contributed by atoms with Crippen molar-refractivity contribution < 1.29 is 42.9 Å². The highest BCUT2D eigenvalue weighted by Crippen LogP contribution is 2.67. The molecule has 1 aliphatic heterocycles. The van der Waals surface area contributed by atoms with Crippen molar-refractivity contribution >= 4 is 23.9 Å². The minimum absolute atomic E-state index is 0.110. The fourth-order valence-electron chi connectivity index (χ4n) is 7.53. The maximum absolute atomic E-state index is 13.8. The van der Waals surface area contributed by atoms with Gasteiger partial charge in [0.15, 0.2) is 6.10 Å². The first kappa shape index (κ1) is 30.7. The molecule has 2 saturated carbocycles. The fraction of sp³-hybridized carbons (Fsp3) is 0.545. The second kappa shape index (κ2) is 11.7. The zero-order chi connectivity index (χ0) is 31.0. The van der Waals surface area contributed by atoms with E-state index in [4.69, 9.17) is 23.7 Å². The number of carbonyl (C=O) groups is 4. The van der Waals surface area contributed by atoms with Crippen LogP contribution in [-0.2, 0) is 33.3 Å². The molecular weight excluding hydrogens is 554 g/mol. The minimum atomic E-state index is -1.41. The molecule has 10 heteroatoms. The second-order valence-electron chi connectivity index (χ2n) is 12.3. The van der Waals surface area contributed by atoms with Crippen LogP contribution in [0.25, 0.3) is 0 Å². The minimum Gasteiger partial charge on any atom is -0.461 e. The third kappa shape index (κ3) is 5.30. The number of hydrogen-bond donors (Lipinski definition) is 0. The van der Waals surface area contributed by atoms with Crippen molar-refractivity contribution in [3.05, 3.63) is 66.0 Å². The van der Waals surface area contributed by atoms with E-state index in [1.54, 1.807) is 55.6 Å². The first-order valence-corrected chi connectivity index (χ1v) is 14.8. The quantitative estimate of drug-likeness (QED) is 0.314. The fourth-order valence-corrected chi connectivity index (χ4v) is 7.53. The van der Waals surface area contributed by atoms with Gasteiger partial charge in [-0.1, -0.05) is 32.0 Å². The lowest BCUT2D eigenvalue weighted by Crippen LogP contribution is -2.74. The molecule has 1 aromatic heterocycles. The number of ether oxygens (including phenoxy) is 5. The average Bonchev–Trinajstić information content (AvgIpc) is 3.26. The standard InChI is InChI=1S/C33H39NO9/c1-6-26(36)41-25-15-14-20(2)33-17-24(31(4,5)43-33)27(40-21(3)35)28(42-30(38)22-11-8-7-9-12-22)32(25,33)19-39-29(37)23-13-10-16-34-18-23/h7-13,16,18,20,24-25,27-28H,6,14-15,17,19H2,1-5H3. The molecule has 10 nitrogen and oxygen atoms in total. The van der Waals surface area contributed by atoms with E-state index in [1.165, 1.54) is 13.1 Å². The molecule has 1 spiro atoms. The molecule has 1 aromatic carbocycles. The summed E-state index contributed by atoms with van der Waals surface area (Å²) in [4.78, 5) is 56.6. The van der Waals surface area contributed by atoms with E-state index in [9.17, 15) is 19.2 Å². The average molecular weight is 594 g/mol. The van der Waals surface area contributed by atoms with Gasteiger partial charge >= 0.3 is 23.9 Å². The topological polar surface area (TPSA) is 127 Å². The lowest BCUT2D eigenvalue weighted by molar-refractivity contribution is -0.287. The van der Waals surface area contributed by atoms with Crippen LogP contribution in [-0.4, -0.2) is 65.0 Å². The lowest BCUT2D eigenvalue weighted by atomic mass is 9.49. The van der Waals surface area contributed by atoms with Gasteiger partial charge in [0.2, 0.25) is 0 Å². The largest absolute Gasteiger partial charge is 0.461 e. The maximum atomic E-state index is 13.8. The Morgan fingerprint density at radius 2 is 1.67 bits per heavy atom. The Kier molecular flexibility index (Phi) is 8.35. The third-order valence-electron chi connectivity index (χ3n) is 9.53. The van der Waals surface area contributed by atoms with E-state index in [2.05, 4.69) is 11.9 Å². The molecule has 230 valence electrons. The van der Waals surface area contributed by atoms with Crippen molar-refractivity contribution in [2.24, 2.45) is 17.3 Å². The van der Waals surface area contributed by atoms with E-state index in [0.717, 1.165) is 0 Å². The van der Waals surface area contributed by atoms with Crippen molar-refractivity contribution in [3.63, 3.8) is 0 Å². The number of rotatable bonds is 8. The summed E-state index contributed by atoms with van der Waals surface area (Å²) >= 11 is 0. The number of pyridine rings is 1. The van der Waals surface area contributed by atoms with E-state index >= 15 is 0 Å². The van der Waals surface area contributed by atoms with E-state index < -0.39 is 58.8 Å². The molecule has 3 fully saturated rings. The van der Waals surface area contributed by atoms with Gasteiger partial charge in [-0.3, -0.25) is 14.6 Å². The van der Waals surface area contributed by atoms with E-state index in [1.807, 2.05) is 13.8 Å². The Hall–Kier alpha value is -3.79. The van der Waals surface area contributed by atoms with Gasteiger partial charge in [-0.2, -0.15) is 0 Å². The highest BCUT2D eigenvalue weighted by atomic mass is 16.6. The van der Waals surface area contributed by atoms with Crippen LogP contribution in [0.3, 0.4) is 0 Å². The molecule has 0 N–H and O–H groups in total. The smallest absolute Gasteiger partial charge is 0.339 e. The number of hydrogen-bond acceptors (Lipinski definition) is 10. The normalized spacial score (nSPS) is 32.2. The van der Waals surface area contributed by atoms with Gasteiger partial charge in [-0.15, -0.1) is 0 Å². The summed E-state index contributed by atoms with van der Waals surface area (Å²) in [6, 6.07) is 11.7. The molecule has 2 aromatic rings. The van der Waals surface area contributed by atoms with Crippen LogP contribution >= 0.6 is 0 Å². The molecular formula is C33H39NO9. The summed E-state index contributed by atoms with van der Waals surface area (Å²) in [5.74, 6) is -2.78. The van der Waals surface area contributed by atoms with Crippen LogP contribution in [0.15, 0.2) is 54.9 Å². The zero-order valence-corrected chi connectivity index (χ0v) is 25.2. The Labute approximate surface area is 251 Å². The lowest BCUT2D eigenvalue weighted by Gasteiger charge is -2.61. The van der Waals surface area contributed by atoms with Crippen LogP contribution in [0.5, 0.6) is 0 Å². The molecule has 1 saturated heterocycles. The van der Waals surface area contributed by atoms with Crippen molar-refractivity contribution in [3.8, 4) is 0 Å². The molecule has 5 rings (SSSR count). The van der Waals surface area contributed by atoms with Crippen molar-refractivity contribution in [2.75, 3.05) is 6.61 Å². The van der Waals surface area contributed by atoms with Crippen LogP contribution < -0.4 is 0 Å². The third-order valence-corrected chi connectivity index (χ3v) is 9.53. The first-order valence-electron chi connectivity index (χ1n) is 14.8. The Morgan fingerprint density at radius 1 is 0.953 bits per heavy atom. The Bertz CT molecular complexity index is 1360. The molecule has 2 bridgehead atoms. The van der Waals surface area contributed by atoms with Gasteiger partial charge in [0.05, 0.1) is 22.3 Å². The zero-order valence-electron chi connectivity index (χ0n) is 25.2. The van der Waals surface area contributed by atoms with Gasteiger partial charge in [0.25, 0.3) is 0 Å². The predicted octanol–water partition coefficient (Wildman–Crippen LogP) is 4.70. The second-order valence-corrected chi connectivity index (χ2v) is 12.3. The van der Waals surface area contributed by atoms with Gasteiger partial charge in [-0.25, -0.2) is 9.59 Å². The summed E-state index contributed by atoms with van der Waals surface area (Å²) < 4.78 is 31.5. The first-order chi connectivity index (χ1) is 20.4.